The van der Waals surface area contributed by atoms with E-state index in [1.54, 1.807) is 7.11 Å². The van der Waals surface area contributed by atoms with E-state index >= 15 is 0 Å². The predicted molar refractivity (Wildman–Crippen MR) is 80.4 cm³/mol. The van der Waals surface area contributed by atoms with Crippen LogP contribution in [0.2, 0.25) is 0 Å². The second kappa shape index (κ2) is 7.25. The van der Waals surface area contributed by atoms with Crippen LogP contribution < -0.4 is 0 Å². The van der Waals surface area contributed by atoms with Crippen molar-refractivity contribution < 1.29 is 9.47 Å². The number of ether oxygens (including phenoxy) is 2. The summed E-state index contributed by atoms with van der Waals surface area (Å²) in [7, 11) is 1.74. The summed E-state index contributed by atoms with van der Waals surface area (Å²) in [5, 5.41) is 0.962. The number of hydrogen-bond acceptors (Lipinski definition) is 2. The van der Waals surface area contributed by atoms with Gasteiger partial charge in [0.05, 0.1) is 5.60 Å². The normalized spacial score (nSPS) is 29.5. The fourth-order valence-electron chi connectivity index (χ4n) is 2.82. The predicted octanol–water partition coefficient (Wildman–Crippen LogP) is 4.41. The van der Waals surface area contributed by atoms with Crippen LogP contribution in [0.1, 0.15) is 52.9 Å². The van der Waals surface area contributed by atoms with Gasteiger partial charge < -0.3 is 9.47 Å². The second-order valence-corrected chi connectivity index (χ2v) is 7.21. The third-order valence-electron chi connectivity index (χ3n) is 4.27. The van der Waals surface area contributed by atoms with E-state index < -0.39 is 0 Å². The molecule has 1 fully saturated rings. The van der Waals surface area contributed by atoms with Gasteiger partial charge in [-0.1, -0.05) is 36.7 Å². The molecule has 1 rings (SSSR count). The van der Waals surface area contributed by atoms with E-state index in [0.717, 1.165) is 30.9 Å². The average molecular weight is 321 g/mol. The molecule has 0 aromatic carbocycles. The summed E-state index contributed by atoms with van der Waals surface area (Å²) in [5.41, 5.74) is 0.518. The highest BCUT2D eigenvalue weighted by Gasteiger charge is 2.38. The van der Waals surface area contributed by atoms with Crippen LogP contribution in [0.15, 0.2) is 0 Å². The molecule has 1 aliphatic rings. The fourth-order valence-corrected chi connectivity index (χ4v) is 3.54. The Balaban J connectivity index is 2.40. The van der Waals surface area contributed by atoms with Gasteiger partial charge in [0.1, 0.15) is 0 Å². The molecule has 0 heterocycles. The van der Waals surface area contributed by atoms with Crippen molar-refractivity contribution >= 4 is 15.9 Å². The van der Waals surface area contributed by atoms with Gasteiger partial charge >= 0.3 is 0 Å². The number of rotatable bonds is 6. The van der Waals surface area contributed by atoms with Crippen molar-refractivity contribution in [3.05, 3.63) is 0 Å². The molecule has 2 nitrogen and oxygen atoms in total. The molecule has 0 amide bonds. The van der Waals surface area contributed by atoms with Gasteiger partial charge in [-0.25, -0.2) is 0 Å². The van der Waals surface area contributed by atoms with Crippen molar-refractivity contribution in [2.24, 2.45) is 11.3 Å². The third-order valence-corrected chi connectivity index (χ3v) is 5.29. The summed E-state index contributed by atoms with van der Waals surface area (Å²) in [4.78, 5) is 0. The van der Waals surface area contributed by atoms with Crippen LogP contribution in [0.3, 0.4) is 0 Å². The highest BCUT2D eigenvalue weighted by Crippen LogP contribution is 2.43. The van der Waals surface area contributed by atoms with Crippen LogP contribution in [0.4, 0.5) is 0 Å². The zero-order chi connectivity index (χ0) is 13.6. The quantitative estimate of drug-likeness (QED) is 0.533. The molecule has 0 aromatic rings. The fraction of sp³-hybridized carbons (Fsp3) is 1.00. The van der Waals surface area contributed by atoms with Crippen molar-refractivity contribution in [1.29, 1.82) is 0 Å². The molecule has 0 radical (unpaired) electrons. The maximum Gasteiger partial charge on any atom is 0.0779 e. The summed E-state index contributed by atoms with van der Waals surface area (Å²) in [6.07, 6.45) is 5.95. The lowest BCUT2D eigenvalue weighted by Crippen LogP contribution is -2.41. The molecule has 0 atom stereocenters. The van der Waals surface area contributed by atoms with Crippen molar-refractivity contribution in [3.63, 3.8) is 0 Å². The number of methoxy groups -OCH3 is 1. The van der Waals surface area contributed by atoms with E-state index in [1.165, 1.54) is 25.7 Å². The standard InChI is InChI=1S/C15H29BrO2/c1-14(2,3)13-6-8-15(12-16,9-7-13)18-11-5-10-17-4/h13H,5-12H2,1-4H3. The zero-order valence-electron chi connectivity index (χ0n) is 12.4. The van der Waals surface area contributed by atoms with E-state index in [-0.39, 0.29) is 5.60 Å². The molecule has 0 aliphatic heterocycles. The Labute approximate surface area is 121 Å². The van der Waals surface area contributed by atoms with Gasteiger partial charge in [0.25, 0.3) is 0 Å². The second-order valence-electron chi connectivity index (χ2n) is 6.65. The van der Waals surface area contributed by atoms with Crippen LogP contribution in [0, 0.1) is 11.3 Å². The van der Waals surface area contributed by atoms with Gasteiger partial charge in [-0.3, -0.25) is 0 Å². The van der Waals surface area contributed by atoms with Crippen LogP contribution in [0.25, 0.3) is 0 Å². The number of halogens is 1. The molecule has 0 aromatic heterocycles. The van der Waals surface area contributed by atoms with Gasteiger partial charge in [-0.15, -0.1) is 0 Å². The molecule has 0 N–H and O–H groups in total. The maximum absolute atomic E-state index is 6.16. The van der Waals surface area contributed by atoms with Gasteiger partial charge in [-0.05, 0) is 43.4 Å². The Morgan fingerprint density at radius 2 is 1.78 bits per heavy atom. The number of alkyl halides is 1. The van der Waals surface area contributed by atoms with E-state index in [0.29, 0.717) is 5.41 Å². The summed E-state index contributed by atoms with van der Waals surface area (Å²) in [6.45, 7) is 8.69. The minimum Gasteiger partial charge on any atom is -0.385 e. The lowest BCUT2D eigenvalue weighted by atomic mass is 9.69. The van der Waals surface area contributed by atoms with Crippen LogP contribution in [-0.2, 0) is 9.47 Å². The van der Waals surface area contributed by atoms with Crippen molar-refractivity contribution in [2.75, 3.05) is 25.7 Å². The van der Waals surface area contributed by atoms with Crippen molar-refractivity contribution in [1.82, 2.24) is 0 Å². The highest BCUT2D eigenvalue weighted by atomic mass is 79.9. The molecular weight excluding hydrogens is 292 g/mol. The van der Waals surface area contributed by atoms with Gasteiger partial charge in [0.2, 0.25) is 0 Å². The summed E-state index contributed by atoms with van der Waals surface area (Å²) < 4.78 is 11.2. The van der Waals surface area contributed by atoms with E-state index in [4.69, 9.17) is 9.47 Å². The van der Waals surface area contributed by atoms with E-state index in [9.17, 15) is 0 Å². The molecule has 1 aliphatic carbocycles. The Bertz CT molecular complexity index is 227. The topological polar surface area (TPSA) is 18.5 Å². The largest absolute Gasteiger partial charge is 0.385 e. The third kappa shape index (κ3) is 4.82. The molecule has 0 spiro atoms. The average Bonchev–Trinajstić information content (AvgIpc) is 2.34. The number of hydrogen-bond donors (Lipinski definition) is 0. The molecule has 108 valence electrons. The van der Waals surface area contributed by atoms with Gasteiger partial charge in [0, 0.05) is 25.7 Å². The Morgan fingerprint density at radius 1 is 1.17 bits per heavy atom. The molecule has 0 saturated heterocycles. The van der Waals surface area contributed by atoms with Crippen LogP contribution in [-0.4, -0.2) is 31.3 Å². The van der Waals surface area contributed by atoms with E-state index in [1.807, 2.05) is 0 Å². The van der Waals surface area contributed by atoms with E-state index in [2.05, 4.69) is 36.7 Å². The highest BCUT2D eigenvalue weighted by molar-refractivity contribution is 9.09. The summed E-state index contributed by atoms with van der Waals surface area (Å²) in [6, 6.07) is 0. The lowest BCUT2D eigenvalue weighted by molar-refractivity contribution is -0.0729. The molecule has 18 heavy (non-hydrogen) atoms. The monoisotopic (exact) mass is 320 g/mol. The minimum absolute atomic E-state index is 0.0789. The van der Waals surface area contributed by atoms with Crippen molar-refractivity contribution in [2.45, 2.75) is 58.5 Å². The summed E-state index contributed by atoms with van der Waals surface area (Å²) >= 11 is 3.65. The molecule has 3 heteroatoms. The van der Waals surface area contributed by atoms with Gasteiger partial charge in [0.15, 0.2) is 0 Å². The first-order chi connectivity index (χ1) is 8.43. The smallest absolute Gasteiger partial charge is 0.0779 e. The molecule has 0 bridgehead atoms. The first-order valence-electron chi connectivity index (χ1n) is 7.12. The minimum atomic E-state index is 0.0789. The van der Waals surface area contributed by atoms with Crippen LogP contribution in [0.5, 0.6) is 0 Å². The SMILES string of the molecule is COCCCOC1(CBr)CCC(C(C)(C)C)CC1. The molecule has 0 unspecified atom stereocenters. The molecular formula is C15H29BrO2. The Hall–Kier alpha value is 0.400. The lowest BCUT2D eigenvalue weighted by Gasteiger charge is -2.43. The maximum atomic E-state index is 6.16. The van der Waals surface area contributed by atoms with Gasteiger partial charge in [-0.2, -0.15) is 0 Å². The first-order valence-corrected chi connectivity index (χ1v) is 8.24. The van der Waals surface area contributed by atoms with Crippen LogP contribution >= 0.6 is 15.9 Å². The molecule has 1 saturated carbocycles. The Kier molecular flexibility index (Phi) is 6.63. The first kappa shape index (κ1) is 16.5. The Morgan fingerprint density at radius 3 is 2.22 bits per heavy atom. The summed E-state index contributed by atoms with van der Waals surface area (Å²) in [5.74, 6) is 0.840. The zero-order valence-corrected chi connectivity index (χ0v) is 14.0. The van der Waals surface area contributed by atoms with Crippen molar-refractivity contribution in [3.8, 4) is 0 Å².